The molecule has 29 heavy (non-hydrogen) atoms. The van der Waals surface area contributed by atoms with E-state index >= 15 is 0 Å². The highest BCUT2D eigenvalue weighted by molar-refractivity contribution is 6.55. The van der Waals surface area contributed by atoms with Crippen molar-refractivity contribution in [2.24, 2.45) is 7.05 Å². The zero-order valence-electron chi connectivity index (χ0n) is 15.2. The molecular formula is C18H14Cl5N3O3. The number of rotatable bonds is 6. The highest BCUT2D eigenvalue weighted by atomic mass is 35.5. The summed E-state index contributed by atoms with van der Waals surface area (Å²) in [5.41, 5.74) is 0.886. The molecule has 0 radical (unpaired) electrons. The van der Waals surface area contributed by atoms with E-state index in [1.54, 1.807) is 30.1 Å². The van der Waals surface area contributed by atoms with Gasteiger partial charge in [-0.3, -0.25) is 9.48 Å². The Bertz CT molecular complexity index is 1030. The Hall–Kier alpha value is -1.57. The van der Waals surface area contributed by atoms with E-state index in [2.05, 4.69) is 5.10 Å². The number of aromatic nitrogens is 2. The molecule has 2 aromatic heterocycles. The van der Waals surface area contributed by atoms with Crippen LogP contribution >= 0.6 is 58.0 Å². The standard InChI is InChI=1S/C18H14Cl5N3O3/c1-25(7-9-5-6-24-26(9)2)18(27)11-4-3-10(29-11)8-28-17-15(22)13(20)12(19)14(21)16(17)23/h3-6H,7-8H2,1-2H3. The van der Waals surface area contributed by atoms with Crippen LogP contribution in [0.1, 0.15) is 22.0 Å². The van der Waals surface area contributed by atoms with Crippen molar-refractivity contribution in [1.29, 1.82) is 0 Å². The van der Waals surface area contributed by atoms with Crippen molar-refractivity contribution in [2.45, 2.75) is 13.2 Å². The summed E-state index contributed by atoms with van der Waals surface area (Å²) in [6, 6.07) is 5.01. The van der Waals surface area contributed by atoms with E-state index in [0.29, 0.717) is 12.3 Å². The van der Waals surface area contributed by atoms with Gasteiger partial charge < -0.3 is 14.1 Å². The van der Waals surface area contributed by atoms with Gasteiger partial charge >= 0.3 is 0 Å². The van der Waals surface area contributed by atoms with Gasteiger partial charge in [-0.1, -0.05) is 58.0 Å². The Kier molecular flexibility index (Phi) is 6.91. The van der Waals surface area contributed by atoms with Crippen molar-refractivity contribution in [3.05, 3.63) is 66.7 Å². The second-order valence-electron chi connectivity index (χ2n) is 6.06. The Balaban J connectivity index is 1.70. The normalized spacial score (nSPS) is 11.0. The fourth-order valence-corrected chi connectivity index (χ4v) is 3.71. The lowest BCUT2D eigenvalue weighted by Crippen LogP contribution is -2.26. The van der Waals surface area contributed by atoms with Gasteiger partial charge in [0.15, 0.2) is 11.5 Å². The zero-order chi connectivity index (χ0) is 21.3. The van der Waals surface area contributed by atoms with Gasteiger partial charge in [0.25, 0.3) is 5.91 Å². The zero-order valence-corrected chi connectivity index (χ0v) is 19.0. The Morgan fingerprint density at radius 2 is 1.69 bits per heavy atom. The minimum absolute atomic E-state index is 0.0323. The number of halogens is 5. The molecule has 0 saturated heterocycles. The molecule has 0 N–H and O–H groups in total. The number of furan rings is 1. The maximum absolute atomic E-state index is 12.6. The summed E-state index contributed by atoms with van der Waals surface area (Å²) in [6.07, 6.45) is 1.67. The van der Waals surface area contributed by atoms with Crippen molar-refractivity contribution in [3.8, 4) is 5.75 Å². The van der Waals surface area contributed by atoms with Gasteiger partial charge in [0.05, 0.1) is 27.3 Å². The largest absolute Gasteiger partial charge is 0.482 e. The van der Waals surface area contributed by atoms with Gasteiger partial charge in [-0.05, 0) is 18.2 Å². The van der Waals surface area contributed by atoms with Crippen molar-refractivity contribution in [3.63, 3.8) is 0 Å². The average molecular weight is 498 g/mol. The van der Waals surface area contributed by atoms with Crippen LogP contribution in [-0.4, -0.2) is 27.6 Å². The summed E-state index contributed by atoms with van der Waals surface area (Å²) < 4.78 is 12.9. The van der Waals surface area contributed by atoms with Crippen LogP contribution in [0.5, 0.6) is 5.75 Å². The molecule has 11 heteroatoms. The van der Waals surface area contributed by atoms with Crippen LogP contribution in [0.15, 0.2) is 28.8 Å². The monoisotopic (exact) mass is 495 g/mol. The lowest BCUT2D eigenvalue weighted by atomic mass is 10.3. The van der Waals surface area contributed by atoms with Crippen LogP contribution in [0.3, 0.4) is 0 Å². The third-order valence-electron chi connectivity index (χ3n) is 4.07. The van der Waals surface area contributed by atoms with Gasteiger partial charge in [-0.25, -0.2) is 0 Å². The number of carbonyl (C=O) groups is 1. The number of ether oxygens (including phenoxy) is 1. The second kappa shape index (κ2) is 9.06. The predicted octanol–water partition coefficient (Wildman–Crippen LogP) is 6.13. The van der Waals surface area contributed by atoms with E-state index in [9.17, 15) is 4.79 Å². The Morgan fingerprint density at radius 3 is 2.28 bits per heavy atom. The quantitative estimate of drug-likeness (QED) is 0.304. The van der Waals surface area contributed by atoms with Crippen molar-refractivity contribution < 1.29 is 13.9 Å². The molecule has 0 aliphatic rings. The SMILES string of the molecule is CN(Cc1ccnn1C)C(=O)c1ccc(COc2c(Cl)c(Cl)c(Cl)c(Cl)c2Cl)o1. The van der Waals surface area contributed by atoms with Crippen LogP contribution in [-0.2, 0) is 20.2 Å². The molecule has 1 aromatic carbocycles. The van der Waals surface area contributed by atoms with Gasteiger partial charge in [0, 0.05) is 20.3 Å². The molecule has 0 aliphatic carbocycles. The third-order valence-corrected chi connectivity index (χ3v) is 6.31. The molecule has 154 valence electrons. The molecule has 2 heterocycles. The molecule has 0 fully saturated rings. The minimum atomic E-state index is -0.286. The number of nitrogens with zero attached hydrogens (tertiary/aromatic N) is 3. The summed E-state index contributed by atoms with van der Waals surface area (Å²) in [4.78, 5) is 14.1. The van der Waals surface area contributed by atoms with E-state index in [1.165, 1.54) is 4.90 Å². The van der Waals surface area contributed by atoms with Gasteiger partial charge in [0.1, 0.15) is 22.4 Å². The van der Waals surface area contributed by atoms with Crippen LogP contribution in [0.25, 0.3) is 0 Å². The molecule has 0 atom stereocenters. The molecular weight excluding hydrogens is 483 g/mol. The molecule has 0 spiro atoms. The van der Waals surface area contributed by atoms with E-state index < -0.39 is 0 Å². The van der Waals surface area contributed by atoms with Gasteiger partial charge in [-0.15, -0.1) is 0 Å². The fraction of sp³-hybridized carbons (Fsp3) is 0.222. The molecule has 3 rings (SSSR count). The number of benzene rings is 1. The van der Waals surface area contributed by atoms with Gasteiger partial charge in [-0.2, -0.15) is 5.10 Å². The van der Waals surface area contributed by atoms with E-state index in [4.69, 9.17) is 67.2 Å². The molecule has 0 saturated carbocycles. The first-order chi connectivity index (χ1) is 13.7. The first-order valence-corrected chi connectivity index (χ1v) is 10.0. The van der Waals surface area contributed by atoms with E-state index in [0.717, 1.165) is 5.69 Å². The smallest absolute Gasteiger partial charge is 0.289 e. The van der Waals surface area contributed by atoms with Crippen molar-refractivity contribution in [1.82, 2.24) is 14.7 Å². The molecule has 1 amide bonds. The number of carbonyl (C=O) groups excluding carboxylic acids is 1. The summed E-state index contributed by atoms with van der Waals surface area (Å²) >= 11 is 30.3. The lowest BCUT2D eigenvalue weighted by molar-refractivity contribution is 0.0746. The minimum Gasteiger partial charge on any atom is -0.482 e. The van der Waals surface area contributed by atoms with Gasteiger partial charge in [0.2, 0.25) is 0 Å². The maximum Gasteiger partial charge on any atom is 0.289 e. The number of aryl methyl sites for hydroxylation is 1. The van der Waals surface area contributed by atoms with Crippen LogP contribution in [0.4, 0.5) is 0 Å². The van der Waals surface area contributed by atoms with Crippen LogP contribution in [0.2, 0.25) is 25.1 Å². The average Bonchev–Trinajstić information content (AvgIpc) is 3.33. The summed E-state index contributed by atoms with van der Waals surface area (Å²) in [7, 11) is 3.48. The first kappa shape index (κ1) is 22.1. The van der Waals surface area contributed by atoms with Crippen LogP contribution in [0, 0.1) is 0 Å². The van der Waals surface area contributed by atoms with E-state index in [-0.39, 0.29) is 49.1 Å². The van der Waals surface area contributed by atoms with Crippen molar-refractivity contribution >= 4 is 63.9 Å². The molecule has 0 bridgehead atoms. The molecule has 0 unspecified atom stereocenters. The predicted molar refractivity (Wildman–Crippen MR) is 114 cm³/mol. The summed E-state index contributed by atoms with van der Waals surface area (Å²) in [5, 5.41) is 4.25. The maximum atomic E-state index is 12.6. The highest BCUT2D eigenvalue weighted by Gasteiger charge is 2.22. The Morgan fingerprint density at radius 1 is 1.07 bits per heavy atom. The molecule has 6 nitrogen and oxygen atoms in total. The third kappa shape index (κ3) is 4.62. The summed E-state index contributed by atoms with van der Waals surface area (Å²) in [6.45, 7) is 0.335. The number of hydrogen-bond donors (Lipinski definition) is 0. The van der Waals surface area contributed by atoms with E-state index in [1.807, 2.05) is 13.1 Å². The van der Waals surface area contributed by atoms with Crippen LogP contribution < -0.4 is 4.74 Å². The Labute approximate surface area is 191 Å². The molecule has 0 aliphatic heterocycles. The fourth-order valence-electron chi connectivity index (χ4n) is 2.48. The highest BCUT2D eigenvalue weighted by Crippen LogP contribution is 2.48. The number of amides is 1. The number of hydrogen-bond acceptors (Lipinski definition) is 4. The lowest BCUT2D eigenvalue weighted by Gasteiger charge is -2.15. The second-order valence-corrected chi connectivity index (χ2v) is 7.95. The topological polar surface area (TPSA) is 60.5 Å². The first-order valence-electron chi connectivity index (χ1n) is 8.16. The van der Waals surface area contributed by atoms with Crippen molar-refractivity contribution in [2.75, 3.05) is 7.05 Å². The molecule has 3 aromatic rings. The summed E-state index contributed by atoms with van der Waals surface area (Å²) in [5.74, 6) is 0.339.